The summed E-state index contributed by atoms with van der Waals surface area (Å²) < 4.78 is 4.37. The molecular weight excluding hydrogens is 272 g/mol. The molecule has 2 heterocycles. The average Bonchev–Trinajstić information content (AvgIpc) is 2.85. The normalized spacial score (nSPS) is 12.4. The summed E-state index contributed by atoms with van der Waals surface area (Å²) in [6.07, 6.45) is 7.23. The molecule has 0 atom stereocenters. The van der Waals surface area contributed by atoms with Gasteiger partial charge in [0.15, 0.2) is 0 Å². The van der Waals surface area contributed by atoms with Crippen LogP contribution in [0.5, 0.6) is 0 Å². The Balaban J connectivity index is 2.10. The van der Waals surface area contributed by atoms with Crippen LogP contribution < -0.4 is 0 Å². The Labute approximate surface area is 134 Å². The molecule has 122 valence electrons. The maximum Gasteiger partial charge on any atom is 0.108 e. The van der Waals surface area contributed by atoms with Gasteiger partial charge < -0.3 is 9.13 Å². The average molecular weight is 302 g/mol. The summed E-state index contributed by atoms with van der Waals surface area (Å²) in [5.74, 6) is 2.90. The summed E-state index contributed by atoms with van der Waals surface area (Å²) >= 11 is 0. The van der Waals surface area contributed by atoms with E-state index in [2.05, 4.69) is 62.1 Å². The SMILES string of the molecule is Cc1ncc(CC(C)(C)Cc2cn(C)c(CC(C)C)n2)n1C. The van der Waals surface area contributed by atoms with Gasteiger partial charge in [-0.05, 0) is 31.1 Å². The first kappa shape index (κ1) is 16.8. The van der Waals surface area contributed by atoms with Crippen LogP contribution >= 0.6 is 0 Å². The summed E-state index contributed by atoms with van der Waals surface area (Å²) in [5, 5.41) is 0. The summed E-state index contributed by atoms with van der Waals surface area (Å²) in [7, 11) is 4.20. The number of imidazole rings is 2. The van der Waals surface area contributed by atoms with Crippen molar-refractivity contribution in [3.63, 3.8) is 0 Å². The van der Waals surface area contributed by atoms with Crippen molar-refractivity contribution in [2.45, 2.75) is 53.9 Å². The third kappa shape index (κ3) is 3.99. The largest absolute Gasteiger partial charge is 0.338 e. The predicted molar refractivity (Wildman–Crippen MR) is 90.9 cm³/mol. The predicted octanol–water partition coefficient (Wildman–Crippen LogP) is 3.47. The van der Waals surface area contributed by atoms with Gasteiger partial charge in [-0.2, -0.15) is 0 Å². The van der Waals surface area contributed by atoms with E-state index < -0.39 is 0 Å². The van der Waals surface area contributed by atoms with Crippen molar-refractivity contribution in [3.8, 4) is 0 Å². The van der Waals surface area contributed by atoms with Crippen molar-refractivity contribution in [1.29, 1.82) is 0 Å². The quantitative estimate of drug-likeness (QED) is 0.819. The van der Waals surface area contributed by atoms with Crippen molar-refractivity contribution in [1.82, 2.24) is 19.1 Å². The van der Waals surface area contributed by atoms with E-state index in [4.69, 9.17) is 4.98 Å². The van der Waals surface area contributed by atoms with Gasteiger partial charge in [0.05, 0.1) is 5.69 Å². The second kappa shape index (κ2) is 6.27. The molecule has 0 bridgehead atoms. The van der Waals surface area contributed by atoms with Crippen LogP contribution in [-0.2, 0) is 33.4 Å². The number of hydrogen-bond donors (Lipinski definition) is 0. The Kier molecular flexibility index (Phi) is 4.78. The van der Waals surface area contributed by atoms with E-state index in [1.165, 1.54) is 17.2 Å². The first-order chi connectivity index (χ1) is 10.2. The molecule has 0 fully saturated rings. The molecule has 4 heteroatoms. The standard InChI is InChI=1S/C18H30N4/c1-13(2)8-17-20-15(12-21(17)6)9-18(4,5)10-16-11-19-14(3)22(16)7/h11-13H,8-10H2,1-7H3. The number of nitrogens with zero attached hydrogens (tertiary/aromatic N) is 4. The molecule has 2 rings (SSSR count). The zero-order valence-electron chi connectivity index (χ0n) is 15.1. The van der Waals surface area contributed by atoms with Gasteiger partial charge in [0, 0.05) is 38.6 Å². The lowest BCUT2D eigenvalue weighted by atomic mass is 9.83. The Morgan fingerprint density at radius 3 is 2.41 bits per heavy atom. The van der Waals surface area contributed by atoms with Crippen LogP contribution in [0.4, 0.5) is 0 Å². The first-order valence-electron chi connectivity index (χ1n) is 8.16. The molecular formula is C18H30N4. The third-order valence-electron chi connectivity index (χ3n) is 4.25. The Bertz CT molecular complexity index is 632. The van der Waals surface area contributed by atoms with Gasteiger partial charge >= 0.3 is 0 Å². The maximum atomic E-state index is 4.84. The van der Waals surface area contributed by atoms with Crippen molar-refractivity contribution in [3.05, 3.63) is 35.4 Å². The molecule has 0 aliphatic carbocycles. The van der Waals surface area contributed by atoms with Gasteiger partial charge in [-0.15, -0.1) is 0 Å². The number of hydrogen-bond acceptors (Lipinski definition) is 2. The molecule has 4 nitrogen and oxygen atoms in total. The van der Waals surface area contributed by atoms with E-state index in [0.717, 1.165) is 25.1 Å². The monoisotopic (exact) mass is 302 g/mol. The van der Waals surface area contributed by atoms with E-state index in [9.17, 15) is 0 Å². The summed E-state index contributed by atoms with van der Waals surface area (Å²) in [4.78, 5) is 9.25. The minimum atomic E-state index is 0.170. The van der Waals surface area contributed by atoms with E-state index >= 15 is 0 Å². The van der Waals surface area contributed by atoms with Gasteiger partial charge in [-0.3, -0.25) is 0 Å². The fourth-order valence-electron chi connectivity index (χ4n) is 2.97. The van der Waals surface area contributed by atoms with E-state index in [1.54, 1.807) is 0 Å². The highest BCUT2D eigenvalue weighted by molar-refractivity contribution is 5.10. The molecule has 0 saturated heterocycles. The third-order valence-corrected chi connectivity index (χ3v) is 4.25. The molecule has 0 aliphatic rings. The van der Waals surface area contributed by atoms with Gasteiger partial charge in [-0.25, -0.2) is 9.97 Å². The Hall–Kier alpha value is -1.58. The summed E-state index contributed by atoms with van der Waals surface area (Å²) in [5.41, 5.74) is 2.66. The molecule has 2 aromatic heterocycles. The lowest BCUT2D eigenvalue weighted by Crippen LogP contribution is -2.20. The molecule has 0 saturated carbocycles. The molecule has 0 radical (unpaired) electrons. The fraction of sp³-hybridized carbons (Fsp3) is 0.667. The second-order valence-corrected chi connectivity index (χ2v) is 7.73. The van der Waals surface area contributed by atoms with Crippen LogP contribution in [0.1, 0.15) is 50.7 Å². The highest BCUT2D eigenvalue weighted by Crippen LogP contribution is 2.27. The topological polar surface area (TPSA) is 35.6 Å². The van der Waals surface area contributed by atoms with Gasteiger partial charge in [0.2, 0.25) is 0 Å². The van der Waals surface area contributed by atoms with Crippen LogP contribution in [0.25, 0.3) is 0 Å². The van der Waals surface area contributed by atoms with Crippen molar-refractivity contribution in [2.24, 2.45) is 25.4 Å². The minimum Gasteiger partial charge on any atom is -0.338 e. The van der Waals surface area contributed by atoms with E-state index in [0.29, 0.717) is 5.92 Å². The van der Waals surface area contributed by atoms with Gasteiger partial charge in [0.1, 0.15) is 11.6 Å². The highest BCUT2D eigenvalue weighted by atomic mass is 15.1. The lowest BCUT2D eigenvalue weighted by Gasteiger charge is -2.23. The van der Waals surface area contributed by atoms with Crippen molar-refractivity contribution >= 4 is 0 Å². The lowest BCUT2D eigenvalue weighted by molar-refractivity contribution is 0.349. The van der Waals surface area contributed by atoms with Gasteiger partial charge in [0.25, 0.3) is 0 Å². The highest BCUT2D eigenvalue weighted by Gasteiger charge is 2.23. The molecule has 0 aromatic carbocycles. The minimum absolute atomic E-state index is 0.170. The van der Waals surface area contributed by atoms with Crippen LogP contribution in [0.15, 0.2) is 12.4 Å². The number of aromatic nitrogens is 4. The molecule has 22 heavy (non-hydrogen) atoms. The van der Waals surface area contributed by atoms with Crippen LogP contribution in [0.3, 0.4) is 0 Å². The van der Waals surface area contributed by atoms with E-state index in [1.807, 2.05) is 13.1 Å². The van der Waals surface area contributed by atoms with Gasteiger partial charge in [-0.1, -0.05) is 27.7 Å². The Morgan fingerprint density at radius 2 is 1.86 bits per heavy atom. The second-order valence-electron chi connectivity index (χ2n) is 7.73. The van der Waals surface area contributed by atoms with Crippen LogP contribution in [-0.4, -0.2) is 19.1 Å². The van der Waals surface area contributed by atoms with Crippen molar-refractivity contribution < 1.29 is 0 Å². The zero-order chi connectivity index (χ0) is 16.5. The van der Waals surface area contributed by atoms with Crippen molar-refractivity contribution in [2.75, 3.05) is 0 Å². The molecule has 0 aliphatic heterocycles. The first-order valence-corrected chi connectivity index (χ1v) is 8.16. The number of rotatable bonds is 6. The molecule has 0 amide bonds. The zero-order valence-corrected chi connectivity index (χ0v) is 15.1. The summed E-state index contributed by atoms with van der Waals surface area (Å²) in [6, 6.07) is 0. The maximum absolute atomic E-state index is 4.84. The Morgan fingerprint density at radius 1 is 1.18 bits per heavy atom. The molecule has 0 spiro atoms. The van der Waals surface area contributed by atoms with Crippen LogP contribution in [0.2, 0.25) is 0 Å². The number of aryl methyl sites for hydroxylation is 2. The molecule has 0 N–H and O–H groups in total. The van der Waals surface area contributed by atoms with Crippen LogP contribution in [0, 0.1) is 18.3 Å². The van der Waals surface area contributed by atoms with E-state index in [-0.39, 0.29) is 5.41 Å². The smallest absolute Gasteiger partial charge is 0.108 e. The molecule has 0 unspecified atom stereocenters. The fourth-order valence-corrected chi connectivity index (χ4v) is 2.97. The molecule has 2 aromatic rings. The summed E-state index contributed by atoms with van der Waals surface area (Å²) in [6.45, 7) is 11.2.